The number of likely N-dealkylation sites (tertiary alicyclic amines) is 2. The van der Waals surface area contributed by atoms with E-state index < -0.39 is 0 Å². The third-order valence-electron chi connectivity index (χ3n) is 5.35. The van der Waals surface area contributed by atoms with Crippen molar-refractivity contribution >= 4 is 11.8 Å². The molecule has 0 spiro atoms. The Labute approximate surface area is 147 Å². The van der Waals surface area contributed by atoms with E-state index in [1.165, 1.54) is 6.42 Å². The molecule has 1 N–H and O–H groups in total. The van der Waals surface area contributed by atoms with Crippen LogP contribution in [0.1, 0.15) is 52.9 Å². The van der Waals surface area contributed by atoms with Gasteiger partial charge in [-0.2, -0.15) is 0 Å². The fourth-order valence-electron chi connectivity index (χ4n) is 4.22. The van der Waals surface area contributed by atoms with Gasteiger partial charge in [-0.1, -0.05) is 20.8 Å². The summed E-state index contributed by atoms with van der Waals surface area (Å²) in [7, 11) is 0. The summed E-state index contributed by atoms with van der Waals surface area (Å²) in [6.45, 7) is 12.1. The van der Waals surface area contributed by atoms with Gasteiger partial charge in [-0.3, -0.25) is 9.59 Å². The first-order valence-electron chi connectivity index (χ1n) is 9.77. The third-order valence-corrected chi connectivity index (χ3v) is 5.35. The molecule has 0 saturated carbocycles. The van der Waals surface area contributed by atoms with Crippen LogP contribution in [-0.2, 0) is 9.59 Å². The number of hydrogen-bond donors (Lipinski definition) is 1. The van der Waals surface area contributed by atoms with Crippen molar-refractivity contribution in [3.05, 3.63) is 0 Å². The van der Waals surface area contributed by atoms with Crippen molar-refractivity contribution in [1.82, 2.24) is 15.1 Å². The lowest BCUT2D eigenvalue weighted by atomic mass is 9.92. The summed E-state index contributed by atoms with van der Waals surface area (Å²) in [5.74, 6) is 2.01. The second kappa shape index (κ2) is 9.40. The Kier molecular flexibility index (Phi) is 7.53. The first kappa shape index (κ1) is 19.2. The molecule has 2 amide bonds. The highest BCUT2D eigenvalue weighted by Crippen LogP contribution is 2.21. The maximum Gasteiger partial charge on any atom is 0.223 e. The number of amides is 2. The van der Waals surface area contributed by atoms with Crippen molar-refractivity contribution in [1.29, 1.82) is 0 Å². The molecule has 24 heavy (non-hydrogen) atoms. The molecule has 2 rings (SSSR count). The van der Waals surface area contributed by atoms with E-state index in [-0.39, 0.29) is 17.7 Å². The first-order chi connectivity index (χ1) is 11.5. The van der Waals surface area contributed by atoms with Gasteiger partial charge < -0.3 is 15.1 Å². The molecule has 0 aromatic carbocycles. The third kappa shape index (κ3) is 5.76. The van der Waals surface area contributed by atoms with Crippen LogP contribution in [0, 0.1) is 17.8 Å². The summed E-state index contributed by atoms with van der Waals surface area (Å²) in [6, 6.07) is 0. The molecule has 2 unspecified atom stereocenters. The van der Waals surface area contributed by atoms with Gasteiger partial charge in [0, 0.05) is 51.6 Å². The molecule has 2 fully saturated rings. The van der Waals surface area contributed by atoms with Crippen molar-refractivity contribution in [2.45, 2.75) is 52.9 Å². The Bertz CT molecular complexity index is 409. The maximum atomic E-state index is 12.3. The Balaban J connectivity index is 1.64. The van der Waals surface area contributed by atoms with Crippen LogP contribution in [0.3, 0.4) is 0 Å². The smallest absolute Gasteiger partial charge is 0.223 e. The zero-order valence-corrected chi connectivity index (χ0v) is 15.7. The highest BCUT2D eigenvalue weighted by Gasteiger charge is 2.27. The number of nitrogens with one attached hydrogen (secondary N) is 1. The minimum atomic E-state index is 0.0786. The summed E-state index contributed by atoms with van der Waals surface area (Å²) >= 11 is 0. The van der Waals surface area contributed by atoms with E-state index in [9.17, 15) is 9.59 Å². The largest absolute Gasteiger partial charge is 0.355 e. The Morgan fingerprint density at radius 2 is 1.71 bits per heavy atom. The van der Waals surface area contributed by atoms with Crippen molar-refractivity contribution in [3.63, 3.8) is 0 Å². The van der Waals surface area contributed by atoms with Gasteiger partial charge in [0.1, 0.15) is 0 Å². The van der Waals surface area contributed by atoms with Gasteiger partial charge in [0.05, 0.1) is 0 Å². The van der Waals surface area contributed by atoms with Crippen LogP contribution in [0.25, 0.3) is 0 Å². The summed E-state index contributed by atoms with van der Waals surface area (Å²) < 4.78 is 0. The molecule has 138 valence electrons. The number of piperidine rings is 2. The minimum absolute atomic E-state index is 0.0786. The average molecular weight is 338 g/mol. The molecular weight excluding hydrogens is 302 g/mol. The molecule has 5 heteroatoms. The molecule has 0 radical (unpaired) electrons. The highest BCUT2D eigenvalue weighted by atomic mass is 16.2. The van der Waals surface area contributed by atoms with Gasteiger partial charge in [-0.05, 0) is 37.5 Å². The van der Waals surface area contributed by atoms with Gasteiger partial charge in [0.25, 0.3) is 0 Å². The zero-order chi connectivity index (χ0) is 17.5. The number of carbonyl (C=O) groups excluding carboxylic acids is 2. The quantitative estimate of drug-likeness (QED) is 0.808. The van der Waals surface area contributed by atoms with Gasteiger partial charge in [-0.15, -0.1) is 0 Å². The number of nitrogens with zero attached hydrogens (tertiary/aromatic N) is 2. The molecule has 2 atom stereocenters. The second-order valence-electron chi connectivity index (χ2n) is 7.90. The summed E-state index contributed by atoms with van der Waals surface area (Å²) in [5, 5.41) is 3.11. The van der Waals surface area contributed by atoms with Crippen molar-refractivity contribution in [2.75, 3.05) is 39.3 Å². The lowest BCUT2D eigenvalue weighted by Crippen LogP contribution is -2.46. The van der Waals surface area contributed by atoms with E-state index in [1.54, 1.807) is 0 Å². The van der Waals surface area contributed by atoms with E-state index in [0.717, 1.165) is 70.4 Å². The molecule has 5 nitrogen and oxygen atoms in total. The van der Waals surface area contributed by atoms with E-state index in [0.29, 0.717) is 6.42 Å². The SMILES string of the molecule is CCCC(=O)N1CCC(C(=O)NCCN2CC(C)CC(C)C2)CC1. The molecule has 2 heterocycles. The predicted molar refractivity (Wildman–Crippen MR) is 96.6 cm³/mol. The molecule has 2 aliphatic heterocycles. The minimum Gasteiger partial charge on any atom is -0.355 e. The topological polar surface area (TPSA) is 52.7 Å². The highest BCUT2D eigenvalue weighted by molar-refractivity contribution is 5.80. The Hall–Kier alpha value is -1.10. The van der Waals surface area contributed by atoms with E-state index in [1.807, 2.05) is 11.8 Å². The average Bonchev–Trinajstić information content (AvgIpc) is 2.54. The van der Waals surface area contributed by atoms with E-state index in [4.69, 9.17) is 0 Å². The fraction of sp³-hybridized carbons (Fsp3) is 0.895. The zero-order valence-electron chi connectivity index (χ0n) is 15.7. The summed E-state index contributed by atoms with van der Waals surface area (Å²) in [5.41, 5.74) is 0. The second-order valence-corrected chi connectivity index (χ2v) is 7.90. The van der Waals surface area contributed by atoms with Crippen LogP contribution >= 0.6 is 0 Å². The van der Waals surface area contributed by atoms with Gasteiger partial charge in [0.2, 0.25) is 11.8 Å². The standard InChI is InChI=1S/C19H35N3O2/c1-4-5-18(23)22-9-6-17(7-10-22)19(24)20-8-11-21-13-15(2)12-16(3)14-21/h15-17H,4-14H2,1-3H3,(H,20,24). The van der Waals surface area contributed by atoms with E-state index >= 15 is 0 Å². The summed E-state index contributed by atoms with van der Waals surface area (Å²) in [4.78, 5) is 28.6. The van der Waals surface area contributed by atoms with Crippen LogP contribution in [0.2, 0.25) is 0 Å². The van der Waals surface area contributed by atoms with Crippen LogP contribution in [-0.4, -0.2) is 60.9 Å². The Morgan fingerprint density at radius 1 is 1.08 bits per heavy atom. The number of hydrogen-bond acceptors (Lipinski definition) is 3. The number of carbonyl (C=O) groups is 2. The lowest BCUT2D eigenvalue weighted by molar-refractivity contribution is -0.135. The van der Waals surface area contributed by atoms with Crippen molar-refractivity contribution in [2.24, 2.45) is 17.8 Å². The molecule has 0 aromatic rings. The molecule has 0 aromatic heterocycles. The molecule has 2 aliphatic rings. The van der Waals surface area contributed by atoms with Crippen molar-refractivity contribution < 1.29 is 9.59 Å². The molecule has 2 saturated heterocycles. The van der Waals surface area contributed by atoms with Gasteiger partial charge >= 0.3 is 0 Å². The normalized spacial score (nSPS) is 26.4. The monoisotopic (exact) mass is 337 g/mol. The molecule has 0 bridgehead atoms. The summed E-state index contributed by atoms with van der Waals surface area (Å²) in [6.07, 6.45) is 4.45. The maximum absolute atomic E-state index is 12.3. The fourth-order valence-corrected chi connectivity index (χ4v) is 4.22. The van der Waals surface area contributed by atoms with Crippen molar-refractivity contribution in [3.8, 4) is 0 Å². The Morgan fingerprint density at radius 3 is 2.29 bits per heavy atom. The van der Waals surface area contributed by atoms with Crippen LogP contribution < -0.4 is 5.32 Å². The number of rotatable bonds is 6. The molecule has 0 aliphatic carbocycles. The van der Waals surface area contributed by atoms with Crippen LogP contribution in [0.5, 0.6) is 0 Å². The lowest BCUT2D eigenvalue weighted by Gasteiger charge is -2.35. The van der Waals surface area contributed by atoms with E-state index in [2.05, 4.69) is 24.1 Å². The van der Waals surface area contributed by atoms with Crippen LogP contribution in [0.15, 0.2) is 0 Å². The van der Waals surface area contributed by atoms with Gasteiger partial charge in [0.15, 0.2) is 0 Å². The van der Waals surface area contributed by atoms with Crippen LogP contribution in [0.4, 0.5) is 0 Å². The molecular formula is C19H35N3O2. The van der Waals surface area contributed by atoms with Gasteiger partial charge in [-0.25, -0.2) is 0 Å². The first-order valence-corrected chi connectivity index (χ1v) is 9.77. The predicted octanol–water partition coefficient (Wildman–Crippen LogP) is 2.12.